The molecule has 6 nitrogen and oxygen atoms in total. The van der Waals surface area contributed by atoms with Crippen LogP contribution in [0.5, 0.6) is 0 Å². The van der Waals surface area contributed by atoms with Crippen molar-refractivity contribution in [3.8, 4) is 6.07 Å². The molecule has 0 bridgehead atoms. The molecular weight excluding hydrogens is 542 g/mol. The van der Waals surface area contributed by atoms with Crippen LogP contribution < -0.4 is 4.90 Å². The summed E-state index contributed by atoms with van der Waals surface area (Å²) in [5, 5.41) is 10.4. The molecule has 0 unspecified atom stereocenters. The highest BCUT2D eigenvalue weighted by atomic mass is 16.1. The van der Waals surface area contributed by atoms with Gasteiger partial charge in [0, 0.05) is 67.5 Å². The lowest BCUT2D eigenvalue weighted by Crippen LogP contribution is -2.46. The molecule has 0 saturated carbocycles. The number of carbonyl (C=O) groups excluding carboxylic acids is 1. The minimum atomic E-state index is 0.284. The van der Waals surface area contributed by atoms with E-state index in [0.717, 1.165) is 88.3 Å². The van der Waals surface area contributed by atoms with Crippen molar-refractivity contribution in [2.75, 3.05) is 50.7 Å². The largest absolute Gasteiger partial charge is 0.369 e. The first-order valence-corrected chi connectivity index (χ1v) is 16.5. The first-order valence-electron chi connectivity index (χ1n) is 16.5. The van der Waals surface area contributed by atoms with E-state index < -0.39 is 0 Å². The zero-order valence-electron chi connectivity index (χ0n) is 25.9. The van der Waals surface area contributed by atoms with E-state index in [0.29, 0.717) is 12.3 Å². The molecule has 3 aromatic carbocycles. The third-order valence-corrected chi connectivity index (χ3v) is 9.73. The lowest BCUT2D eigenvalue weighted by molar-refractivity contribution is 0.0961. The minimum absolute atomic E-state index is 0.284. The number of nitrogens with zero attached hydrogens (tertiary/aromatic N) is 4. The normalized spacial score (nSPS) is 16.8. The molecule has 0 amide bonds. The number of benzene rings is 3. The van der Waals surface area contributed by atoms with Crippen LogP contribution in [0.3, 0.4) is 0 Å². The van der Waals surface area contributed by atoms with Gasteiger partial charge in [0.2, 0.25) is 0 Å². The molecule has 6 heteroatoms. The van der Waals surface area contributed by atoms with Crippen molar-refractivity contribution in [2.45, 2.75) is 51.5 Å². The molecule has 6 rings (SSSR count). The number of aryl methyl sites for hydroxylation is 1. The SMILES string of the molecule is N#Cc1ccc2[nH]cc(CCCCN3CCN(c4ccc(C(=O)CCC5CCN(Cc6ccccc6)CC5)cc4)CC3)c2c1. The number of ketones is 1. The molecule has 4 aromatic rings. The van der Waals surface area contributed by atoms with E-state index in [1.807, 2.05) is 30.3 Å². The van der Waals surface area contributed by atoms with Gasteiger partial charge in [-0.25, -0.2) is 0 Å². The van der Waals surface area contributed by atoms with Crippen molar-refractivity contribution in [1.29, 1.82) is 5.26 Å². The fraction of sp³-hybridized carbons (Fsp3) is 0.421. The first kappa shape index (κ1) is 30.1. The van der Waals surface area contributed by atoms with Crippen LogP contribution in [-0.2, 0) is 13.0 Å². The van der Waals surface area contributed by atoms with Crippen molar-refractivity contribution in [1.82, 2.24) is 14.8 Å². The maximum absolute atomic E-state index is 13.0. The number of likely N-dealkylation sites (tertiary alicyclic amines) is 1. The Morgan fingerprint density at radius 3 is 2.39 bits per heavy atom. The number of rotatable bonds is 12. The third-order valence-electron chi connectivity index (χ3n) is 9.73. The first-order chi connectivity index (χ1) is 21.6. The van der Waals surface area contributed by atoms with Crippen LogP contribution in [0.4, 0.5) is 5.69 Å². The number of fused-ring (bicyclic) bond motifs is 1. The Labute approximate surface area is 262 Å². The fourth-order valence-corrected chi connectivity index (χ4v) is 6.95. The van der Waals surface area contributed by atoms with Crippen molar-refractivity contribution in [2.24, 2.45) is 5.92 Å². The Bertz CT molecular complexity index is 1540. The van der Waals surface area contributed by atoms with Crippen LogP contribution in [0.2, 0.25) is 0 Å². The second-order valence-corrected chi connectivity index (χ2v) is 12.7. The number of hydrogen-bond acceptors (Lipinski definition) is 5. The number of aromatic amines is 1. The van der Waals surface area contributed by atoms with Crippen molar-refractivity contribution in [3.05, 3.63) is 101 Å². The number of aromatic nitrogens is 1. The number of piperidine rings is 1. The van der Waals surface area contributed by atoms with Gasteiger partial charge in [0.05, 0.1) is 11.6 Å². The van der Waals surface area contributed by atoms with Crippen LogP contribution >= 0.6 is 0 Å². The van der Waals surface area contributed by atoms with Crippen molar-refractivity contribution < 1.29 is 4.79 Å². The summed E-state index contributed by atoms with van der Waals surface area (Å²) >= 11 is 0. The summed E-state index contributed by atoms with van der Waals surface area (Å²) in [4.78, 5) is 23.9. The van der Waals surface area contributed by atoms with Gasteiger partial charge in [0.1, 0.15) is 0 Å². The lowest BCUT2D eigenvalue weighted by atomic mass is 9.90. The highest BCUT2D eigenvalue weighted by Gasteiger charge is 2.21. The Hall–Kier alpha value is -3.92. The van der Waals surface area contributed by atoms with Crippen LogP contribution in [0.25, 0.3) is 10.9 Å². The summed E-state index contributed by atoms with van der Waals surface area (Å²) in [5.74, 6) is 0.943. The summed E-state index contributed by atoms with van der Waals surface area (Å²) in [5.41, 5.74) is 6.61. The molecule has 0 radical (unpaired) electrons. The number of unbranched alkanes of at least 4 members (excludes halogenated alkanes) is 1. The van der Waals surface area contributed by atoms with Crippen LogP contribution in [-0.4, -0.2) is 66.4 Å². The monoisotopic (exact) mass is 587 g/mol. The smallest absolute Gasteiger partial charge is 0.162 e. The molecule has 2 fully saturated rings. The number of nitriles is 1. The standard InChI is InChI=1S/C38H45N5O/c39-27-32-9-15-37-36(26-32)34(28-40-37)8-4-5-19-41-22-24-43(25-23-41)35-13-11-33(12-14-35)38(44)16-10-30-17-20-42(21-18-30)29-31-6-2-1-3-7-31/h1-3,6-7,9,11-15,26,28,30,40H,4-5,8,10,16-25,29H2. The molecule has 3 heterocycles. The van der Waals surface area contributed by atoms with E-state index in [1.165, 1.54) is 41.5 Å². The van der Waals surface area contributed by atoms with E-state index in [9.17, 15) is 10.1 Å². The number of H-pyrrole nitrogens is 1. The Morgan fingerprint density at radius 2 is 1.64 bits per heavy atom. The molecule has 0 atom stereocenters. The van der Waals surface area contributed by atoms with E-state index in [-0.39, 0.29) is 5.78 Å². The Balaban J connectivity index is 0.874. The topological polar surface area (TPSA) is 66.4 Å². The van der Waals surface area contributed by atoms with E-state index in [1.54, 1.807) is 0 Å². The number of carbonyl (C=O) groups is 1. The van der Waals surface area contributed by atoms with Gasteiger partial charge in [-0.05, 0) is 118 Å². The molecule has 2 aliphatic heterocycles. The highest BCUT2D eigenvalue weighted by Crippen LogP contribution is 2.25. The maximum atomic E-state index is 13.0. The number of Topliss-reactive ketones (excluding diaryl/α,β-unsaturated/α-hetero) is 1. The zero-order chi connectivity index (χ0) is 30.1. The van der Waals surface area contributed by atoms with Gasteiger partial charge in [-0.1, -0.05) is 30.3 Å². The third kappa shape index (κ3) is 7.77. The van der Waals surface area contributed by atoms with Crippen molar-refractivity contribution in [3.63, 3.8) is 0 Å². The van der Waals surface area contributed by atoms with Gasteiger partial charge in [-0.15, -0.1) is 0 Å². The molecular formula is C38H45N5O. The number of hydrogen-bond donors (Lipinski definition) is 1. The number of anilines is 1. The molecule has 2 aliphatic rings. The molecule has 44 heavy (non-hydrogen) atoms. The molecule has 1 N–H and O–H groups in total. The maximum Gasteiger partial charge on any atom is 0.162 e. The second-order valence-electron chi connectivity index (χ2n) is 12.7. The van der Waals surface area contributed by atoms with Gasteiger partial charge in [-0.2, -0.15) is 5.26 Å². The van der Waals surface area contributed by atoms with E-state index in [4.69, 9.17) is 0 Å². The average Bonchev–Trinajstić information content (AvgIpc) is 3.49. The summed E-state index contributed by atoms with van der Waals surface area (Å²) < 4.78 is 0. The van der Waals surface area contributed by atoms with E-state index >= 15 is 0 Å². The minimum Gasteiger partial charge on any atom is -0.369 e. The predicted octanol–water partition coefficient (Wildman–Crippen LogP) is 7.06. The number of piperazine rings is 1. The van der Waals surface area contributed by atoms with Gasteiger partial charge in [0.25, 0.3) is 0 Å². The van der Waals surface area contributed by atoms with Gasteiger partial charge in [0.15, 0.2) is 5.78 Å². The van der Waals surface area contributed by atoms with E-state index in [2.05, 4.69) is 74.4 Å². The lowest BCUT2D eigenvalue weighted by Gasteiger charge is -2.36. The number of nitrogens with one attached hydrogen (secondary N) is 1. The Morgan fingerprint density at radius 1 is 0.864 bits per heavy atom. The van der Waals surface area contributed by atoms with Gasteiger partial charge in [-0.3, -0.25) is 14.6 Å². The molecule has 0 spiro atoms. The van der Waals surface area contributed by atoms with Crippen LogP contribution in [0, 0.1) is 17.2 Å². The van der Waals surface area contributed by atoms with Crippen LogP contribution in [0.15, 0.2) is 79.0 Å². The average molecular weight is 588 g/mol. The molecule has 228 valence electrons. The summed E-state index contributed by atoms with van der Waals surface area (Å²) in [7, 11) is 0. The molecule has 1 aromatic heterocycles. The molecule has 2 saturated heterocycles. The second kappa shape index (κ2) is 14.7. The van der Waals surface area contributed by atoms with Crippen LogP contribution in [0.1, 0.15) is 65.6 Å². The summed E-state index contributed by atoms with van der Waals surface area (Å²) in [6.07, 6.45) is 9.50. The predicted molar refractivity (Wildman–Crippen MR) is 179 cm³/mol. The zero-order valence-corrected chi connectivity index (χ0v) is 25.9. The van der Waals surface area contributed by atoms with Crippen molar-refractivity contribution >= 4 is 22.4 Å². The fourth-order valence-electron chi connectivity index (χ4n) is 6.95. The molecule has 0 aliphatic carbocycles. The Kier molecular flexibility index (Phi) is 10.1. The van der Waals surface area contributed by atoms with Gasteiger partial charge < -0.3 is 9.88 Å². The summed E-state index contributed by atoms with van der Waals surface area (Å²) in [6.45, 7) is 8.61. The quantitative estimate of drug-likeness (QED) is 0.142. The summed E-state index contributed by atoms with van der Waals surface area (Å²) in [6, 6.07) is 27.2. The van der Waals surface area contributed by atoms with Gasteiger partial charge >= 0.3 is 0 Å². The highest BCUT2D eigenvalue weighted by molar-refractivity contribution is 5.96.